The van der Waals surface area contributed by atoms with Crippen LogP contribution in [0.1, 0.15) is 29.7 Å². The molecule has 8 heteroatoms. The lowest BCUT2D eigenvalue weighted by atomic mass is 10.1. The van der Waals surface area contributed by atoms with Gasteiger partial charge in [-0.3, -0.25) is 0 Å². The number of para-hydroxylation sites is 1. The number of ether oxygens (including phenoxy) is 1. The molecule has 2 aromatic heterocycles. The number of anilines is 1. The molecule has 132 valence electrons. The molecule has 0 aliphatic carbocycles. The number of benzene rings is 1. The molecule has 1 aromatic carbocycles. The van der Waals surface area contributed by atoms with Crippen LogP contribution in [0, 0.1) is 18.3 Å². The second-order valence-corrected chi connectivity index (χ2v) is 6.10. The summed E-state index contributed by atoms with van der Waals surface area (Å²) in [6, 6.07) is 9.54. The van der Waals surface area contributed by atoms with Gasteiger partial charge >= 0.3 is 0 Å². The summed E-state index contributed by atoms with van der Waals surface area (Å²) in [7, 11) is 1.59. The Morgan fingerprint density at radius 3 is 2.88 bits per heavy atom. The molecule has 8 nitrogen and oxygen atoms in total. The molecule has 26 heavy (non-hydrogen) atoms. The predicted molar refractivity (Wildman–Crippen MR) is 91.8 cm³/mol. The maximum Gasteiger partial charge on any atom is 0.235 e. The van der Waals surface area contributed by atoms with Gasteiger partial charge in [-0.2, -0.15) is 15.2 Å². The molecule has 0 radical (unpaired) electrons. The third-order valence-corrected chi connectivity index (χ3v) is 4.42. The predicted octanol–water partition coefficient (Wildman–Crippen LogP) is 2.91. The van der Waals surface area contributed by atoms with Crippen LogP contribution < -0.4 is 9.64 Å². The molecule has 0 amide bonds. The fourth-order valence-corrected chi connectivity index (χ4v) is 3.16. The number of aryl methyl sites for hydroxylation is 1. The summed E-state index contributed by atoms with van der Waals surface area (Å²) < 4.78 is 16.6. The molecule has 0 bridgehead atoms. The molecule has 3 aromatic rings. The van der Waals surface area contributed by atoms with Gasteiger partial charge in [-0.1, -0.05) is 17.3 Å². The van der Waals surface area contributed by atoms with Crippen molar-refractivity contribution in [3.63, 3.8) is 0 Å². The van der Waals surface area contributed by atoms with Crippen molar-refractivity contribution in [3.8, 4) is 23.3 Å². The van der Waals surface area contributed by atoms with Crippen molar-refractivity contribution in [1.29, 1.82) is 5.26 Å². The Morgan fingerprint density at radius 1 is 1.31 bits per heavy atom. The van der Waals surface area contributed by atoms with E-state index in [1.807, 2.05) is 29.2 Å². The minimum Gasteiger partial charge on any atom is -0.496 e. The summed E-state index contributed by atoms with van der Waals surface area (Å²) in [5.41, 5.74) is 0.967. The van der Waals surface area contributed by atoms with Crippen molar-refractivity contribution < 1.29 is 13.7 Å². The number of aromatic nitrogens is 3. The minimum absolute atomic E-state index is 0.113. The summed E-state index contributed by atoms with van der Waals surface area (Å²) in [5, 5.41) is 13.3. The second kappa shape index (κ2) is 6.52. The molecular formula is C18H17N5O3. The van der Waals surface area contributed by atoms with Gasteiger partial charge in [0.2, 0.25) is 23.4 Å². The van der Waals surface area contributed by atoms with Gasteiger partial charge in [0.15, 0.2) is 5.82 Å². The molecule has 0 saturated carbocycles. The third-order valence-electron chi connectivity index (χ3n) is 4.42. The monoisotopic (exact) mass is 351 g/mol. The van der Waals surface area contributed by atoms with Crippen LogP contribution in [0.5, 0.6) is 5.75 Å². The number of rotatable bonds is 4. The molecule has 1 aliphatic rings. The maximum atomic E-state index is 9.48. The fraction of sp³-hybridized carbons (Fsp3) is 0.333. The Labute approximate surface area is 150 Å². The first-order valence-corrected chi connectivity index (χ1v) is 8.29. The molecule has 1 fully saturated rings. The Hall–Kier alpha value is -3.34. The first-order valence-electron chi connectivity index (χ1n) is 8.29. The molecule has 4 rings (SSSR count). The summed E-state index contributed by atoms with van der Waals surface area (Å²) in [5.74, 6) is 2.83. The lowest BCUT2D eigenvalue weighted by Crippen LogP contribution is -2.19. The fourth-order valence-electron chi connectivity index (χ4n) is 3.16. The van der Waals surface area contributed by atoms with Crippen molar-refractivity contribution in [1.82, 2.24) is 15.1 Å². The summed E-state index contributed by atoms with van der Waals surface area (Å²) in [4.78, 5) is 10.7. The molecular weight excluding hydrogens is 334 g/mol. The standard InChI is InChI=1S/C18H17N5O3/c1-11-20-16(26-22-11)12-7-8-23(10-12)18-14(9-19)21-17(25-18)13-5-3-4-6-15(13)24-2/h3-6,12H,7-8,10H2,1-2H3/t12-/m0/s1. The zero-order chi connectivity index (χ0) is 18.1. The van der Waals surface area contributed by atoms with E-state index < -0.39 is 0 Å². The third kappa shape index (κ3) is 2.77. The Bertz CT molecular complexity index is 971. The summed E-state index contributed by atoms with van der Waals surface area (Å²) in [6.07, 6.45) is 0.844. The molecule has 1 saturated heterocycles. The zero-order valence-electron chi connectivity index (χ0n) is 14.5. The maximum absolute atomic E-state index is 9.48. The van der Waals surface area contributed by atoms with E-state index in [2.05, 4.69) is 21.2 Å². The van der Waals surface area contributed by atoms with Crippen LogP contribution in [0.3, 0.4) is 0 Å². The van der Waals surface area contributed by atoms with Crippen molar-refractivity contribution in [2.24, 2.45) is 0 Å². The van der Waals surface area contributed by atoms with Crippen LogP contribution in [0.25, 0.3) is 11.5 Å². The molecule has 0 spiro atoms. The largest absolute Gasteiger partial charge is 0.496 e. The van der Waals surface area contributed by atoms with Crippen LogP contribution in [0.15, 0.2) is 33.2 Å². The number of nitrogens with zero attached hydrogens (tertiary/aromatic N) is 5. The van der Waals surface area contributed by atoms with E-state index in [0.29, 0.717) is 41.3 Å². The Kier molecular flexibility index (Phi) is 4.05. The molecule has 1 aliphatic heterocycles. The minimum atomic E-state index is 0.113. The van der Waals surface area contributed by atoms with E-state index in [0.717, 1.165) is 13.0 Å². The van der Waals surface area contributed by atoms with Gasteiger partial charge in [0.05, 0.1) is 18.6 Å². The van der Waals surface area contributed by atoms with Crippen LogP contribution in [-0.2, 0) is 0 Å². The van der Waals surface area contributed by atoms with Gasteiger partial charge < -0.3 is 18.6 Å². The average molecular weight is 351 g/mol. The lowest BCUT2D eigenvalue weighted by molar-refractivity contribution is 0.356. The second-order valence-electron chi connectivity index (χ2n) is 6.10. The summed E-state index contributed by atoms with van der Waals surface area (Å²) in [6.45, 7) is 3.15. The van der Waals surface area contributed by atoms with E-state index in [9.17, 15) is 5.26 Å². The Morgan fingerprint density at radius 2 is 2.15 bits per heavy atom. The van der Waals surface area contributed by atoms with Crippen molar-refractivity contribution >= 4 is 5.88 Å². The van der Waals surface area contributed by atoms with Crippen molar-refractivity contribution in [2.75, 3.05) is 25.1 Å². The van der Waals surface area contributed by atoms with E-state index in [1.165, 1.54) is 0 Å². The van der Waals surface area contributed by atoms with Gasteiger partial charge in [0.25, 0.3) is 0 Å². The van der Waals surface area contributed by atoms with Gasteiger partial charge in [-0.25, -0.2) is 0 Å². The van der Waals surface area contributed by atoms with Gasteiger partial charge in [-0.05, 0) is 25.5 Å². The normalized spacial score (nSPS) is 16.7. The van der Waals surface area contributed by atoms with E-state index >= 15 is 0 Å². The van der Waals surface area contributed by atoms with Gasteiger partial charge in [0, 0.05) is 13.1 Å². The van der Waals surface area contributed by atoms with Crippen molar-refractivity contribution in [3.05, 3.63) is 41.7 Å². The molecule has 0 N–H and O–H groups in total. The molecule has 3 heterocycles. The lowest BCUT2D eigenvalue weighted by Gasteiger charge is -2.14. The zero-order valence-corrected chi connectivity index (χ0v) is 14.5. The highest BCUT2D eigenvalue weighted by molar-refractivity contribution is 5.66. The quantitative estimate of drug-likeness (QED) is 0.707. The highest BCUT2D eigenvalue weighted by atomic mass is 16.5. The first kappa shape index (κ1) is 16.1. The average Bonchev–Trinajstić information content (AvgIpc) is 3.39. The van der Waals surface area contributed by atoms with Gasteiger partial charge in [-0.15, -0.1) is 0 Å². The van der Waals surface area contributed by atoms with E-state index in [1.54, 1.807) is 14.0 Å². The number of methoxy groups -OCH3 is 1. The van der Waals surface area contributed by atoms with E-state index in [-0.39, 0.29) is 11.6 Å². The number of hydrogen-bond donors (Lipinski definition) is 0. The molecule has 0 unspecified atom stereocenters. The topological polar surface area (TPSA) is 101 Å². The number of oxazole rings is 1. The van der Waals surface area contributed by atoms with Crippen LogP contribution in [0.2, 0.25) is 0 Å². The highest BCUT2D eigenvalue weighted by Crippen LogP contribution is 2.36. The first-order chi connectivity index (χ1) is 12.7. The Balaban J connectivity index is 1.63. The van der Waals surface area contributed by atoms with Crippen LogP contribution >= 0.6 is 0 Å². The van der Waals surface area contributed by atoms with Gasteiger partial charge in [0.1, 0.15) is 11.8 Å². The van der Waals surface area contributed by atoms with E-state index in [4.69, 9.17) is 13.7 Å². The highest BCUT2D eigenvalue weighted by Gasteiger charge is 2.32. The SMILES string of the molecule is COc1ccccc1-c1nc(C#N)c(N2CC[C@H](c3nc(C)no3)C2)o1. The number of nitriles is 1. The number of hydrogen-bond acceptors (Lipinski definition) is 8. The van der Waals surface area contributed by atoms with Crippen molar-refractivity contribution in [2.45, 2.75) is 19.3 Å². The van der Waals surface area contributed by atoms with Crippen LogP contribution in [-0.4, -0.2) is 35.3 Å². The van der Waals surface area contributed by atoms with Crippen LogP contribution in [0.4, 0.5) is 5.88 Å². The smallest absolute Gasteiger partial charge is 0.235 e. The molecule has 1 atom stereocenters. The summed E-state index contributed by atoms with van der Waals surface area (Å²) >= 11 is 0.